The Morgan fingerprint density at radius 1 is 1.21 bits per heavy atom. The number of fused-ring (bicyclic) bond motifs is 1. The molecule has 1 amide bonds. The van der Waals surface area contributed by atoms with Gasteiger partial charge >= 0.3 is 11.9 Å². The number of aromatic nitrogens is 4. The SMILES string of the molecule is COC(=O)CNC(=O)c1n[nH]c2ccc(Nc3cc(OC(C)=O)nc(N)n3)cc12. The summed E-state index contributed by atoms with van der Waals surface area (Å²) in [7, 11) is 1.23. The summed E-state index contributed by atoms with van der Waals surface area (Å²) in [4.78, 5) is 42.4. The fourth-order valence-corrected chi connectivity index (χ4v) is 2.43. The Bertz CT molecular complexity index is 1090. The molecule has 0 saturated heterocycles. The Balaban J connectivity index is 1.84. The van der Waals surface area contributed by atoms with Crippen LogP contribution in [-0.4, -0.2) is 51.7 Å². The van der Waals surface area contributed by atoms with Crippen LogP contribution in [0.1, 0.15) is 17.4 Å². The molecular formula is C17H17N7O5. The maximum atomic E-state index is 12.3. The average molecular weight is 399 g/mol. The molecule has 3 rings (SSSR count). The lowest BCUT2D eigenvalue weighted by Gasteiger charge is -2.08. The van der Waals surface area contributed by atoms with E-state index in [4.69, 9.17) is 10.5 Å². The Morgan fingerprint density at radius 2 is 2.00 bits per heavy atom. The monoisotopic (exact) mass is 399 g/mol. The molecule has 1 aromatic carbocycles. The van der Waals surface area contributed by atoms with Crippen LogP contribution in [0.25, 0.3) is 10.9 Å². The van der Waals surface area contributed by atoms with Crippen LogP contribution in [0.2, 0.25) is 0 Å². The quantitative estimate of drug-likeness (QED) is 0.427. The summed E-state index contributed by atoms with van der Waals surface area (Å²) < 4.78 is 9.41. The van der Waals surface area contributed by atoms with E-state index in [1.165, 1.54) is 20.1 Å². The number of benzene rings is 1. The van der Waals surface area contributed by atoms with E-state index >= 15 is 0 Å². The van der Waals surface area contributed by atoms with Crippen LogP contribution < -0.4 is 21.1 Å². The highest BCUT2D eigenvalue weighted by atomic mass is 16.5. The number of rotatable bonds is 6. The van der Waals surface area contributed by atoms with Crippen LogP contribution in [0.15, 0.2) is 24.3 Å². The van der Waals surface area contributed by atoms with Gasteiger partial charge in [0.15, 0.2) is 5.69 Å². The zero-order chi connectivity index (χ0) is 21.0. The number of esters is 2. The first-order valence-corrected chi connectivity index (χ1v) is 8.29. The van der Waals surface area contributed by atoms with Crippen LogP contribution in [0.5, 0.6) is 5.88 Å². The molecule has 5 N–H and O–H groups in total. The van der Waals surface area contributed by atoms with Gasteiger partial charge in [0, 0.05) is 24.1 Å². The summed E-state index contributed by atoms with van der Waals surface area (Å²) in [5.74, 6) is -1.46. The van der Waals surface area contributed by atoms with Gasteiger partial charge in [-0.25, -0.2) is 0 Å². The van der Waals surface area contributed by atoms with Crippen LogP contribution >= 0.6 is 0 Å². The molecule has 150 valence electrons. The number of nitrogens with two attached hydrogens (primary N) is 1. The number of hydrogen-bond acceptors (Lipinski definition) is 10. The zero-order valence-corrected chi connectivity index (χ0v) is 15.5. The number of carbonyl (C=O) groups excluding carboxylic acids is 3. The van der Waals surface area contributed by atoms with E-state index in [2.05, 4.69) is 35.5 Å². The summed E-state index contributed by atoms with van der Waals surface area (Å²) in [6.07, 6.45) is 0. The number of H-pyrrole nitrogens is 1. The van der Waals surface area contributed by atoms with E-state index in [9.17, 15) is 14.4 Å². The van der Waals surface area contributed by atoms with Gasteiger partial charge < -0.3 is 25.8 Å². The summed E-state index contributed by atoms with van der Waals surface area (Å²) >= 11 is 0. The predicted octanol–water partition coefficient (Wildman–Crippen LogP) is 0.507. The molecule has 2 aromatic heterocycles. The number of nitrogen functional groups attached to an aromatic ring is 1. The number of methoxy groups -OCH3 is 1. The van der Waals surface area contributed by atoms with E-state index in [-0.39, 0.29) is 29.9 Å². The van der Waals surface area contributed by atoms with E-state index in [1.54, 1.807) is 18.2 Å². The molecule has 0 radical (unpaired) electrons. The third-order valence-corrected chi connectivity index (χ3v) is 3.64. The predicted molar refractivity (Wildman–Crippen MR) is 101 cm³/mol. The fourth-order valence-electron chi connectivity index (χ4n) is 2.43. The molecule has 0 atom stereocenters. The van der Waals surface area contributed by atoms with Crippen molar-refractivity contribution in [2.45, 2.75) is 6.92 Å². The molecule has 0 aliphatic rings. The Hall–Kier alpha value is -4.22. The second-order valence-electron chi connectivity index (χ2n) is 5.76. The molecule has 0 unspecified atom stereocenters. The summed E-state index contributed by atoms with van der Waals surface area (Å²) in [6.45, 7) is 0.964. The molecule has 29 heavy (non-hydrogen) atoms. The Kier molecular flexibility index (Phi) is 5.53. The van der Waals surface area contributed by atoms with Gasteiger partial charge in [0.1, 0.15) is 12.4 Å². The van der Waals surface area contributed by atoms with Gasteiger partial charge in [-0.3, -0.25) is 19.5 Å². The van der Waals surface area contributed by atoms with Crippen molar-refractivity contribution < 1.29 is 23.9 Å². The lowest BCUT2D eigenvalue weighted by atomic mass is 10.2. The molecule has 3 aromatic rings. The van der Waals surface area contributed by atoms with E-state index in [0.717, 1.165) is 0 Å². The van der Waals surface area contributed by atoms with Gasteiger partial charge in [0.25, 0.3) is 5.91 Å². The van der Waals surface area contributed by atoms with Gasteiger partial charge in [-0.2, -0.15) is 15.1 Å². The lowest BCUT2D eigenvalue weighted by molar-refractivity contribution is -0.139. The molecule has 0 fully saturated rings. The standard InChI is InChI=1S/C17H17N7O5/c1-8(25)29-13-6-12(21-17(18)22-13)20-9-3-4-11-10(5-9)15(24-23-11)16(27)19-7-14(26)28-2/h3-6H,7H2,1-2H3,(H,19,27)(H,23,24)(H3,18,20,21,22). The normalized spacial score (nSPS) is 10.4. The highest BCUT2D eigenvalue weighted by Crippen LogP contribution is 2.24. The zero-order valence-electron chi connectivity index (χ0n) is 15.5. The molecular weight excluding hydrogens is 382 g/mol. The molecule has 0 aliphatic heterocycles. The Labute approximate surface area is 163 Å². The Morgan fingerprint density at radius 3 is 2.72 bits per heavy atom. The van der Waals surface area contributed by atoms with Crippen molar-refractivity contribution in [3.05, 3.63) is 30.0 Å². The van der Waals surface area contributed by atoms with E-state index < -0.39 is 17.8 Å². The summed E-state index contributed by atoms with van der Waals surface area (Å²) in [6, 6.07) is 6.50. The maximum absolute atomic E-state index is 12.3. The second kappa shape index (κ2) is 8.21. The molecule has 12 heteroatoms. The number of hydrogen-bond donors (Lipinski definition) is 4. The van der Waals surface area contributed by atoms with E-state index in [1.807, 2.05) is 0 Å². The van der Waals surface area contributed by atoms with Gasteiger partial charge in [-0.05, 0) is 18.2 Å². The van der Waals surface area contributed by atoms with Gasteiger partial charge in [-0.1, -0.05) is 0 Å². The first-order chi connectivity index (χ1) is 13.9. The number of carbonyl (C=O) groups is 3. The lowest BCUT2D eigenvalue weighted by Crippen LogP contribution is -2.30. The molecule has 0 bridgehead atoms. The fraction of sp³-hybridized carbons (Fsp3) is 0.176. The van der Waals surface area contributed by atoms with Crippen LogP contribution in [0.3, 0.4) is 0 Å². The van der Waals surface area contributed by atoms with E-state index in [0.29, 0.717) is 16.6 Å². The smallest absolute Gasteiger partial charge is 0.325 e. The van der Waals surface area contributed by atoms with Crippen molar-refractivity contribution in [1.82, 2.24) is 25.5 Å². The largest absolute Gasteiger partial charge is 0.468 e. The van der Waals surface area contributed by atoms with Crippen molar-refractivity contribution in [2.24, 2.45) is 0 Å². The third-order valence-electron chi connectivity index (χ3n) is 3.64. The minimum absolute atomic E-state index is 0.000216. The maximum Gasteiger partial charge on any atom is 0.325 e. The van der Waals surface area contributed by atoms with Crippen molar-refractivity contribution in [3.63, 3.8) is 0 Å². The number of nitrogens with one attached hydrogen (secondary N) is 3. The van der Waals surface area contributed by atoms with Crippen molar-refractivity contribution >= 4 is 46.2 Å². The van der Waals surface area contributed by atoms with Gasteiger partial charge in [0.05, 0.1) is 12.6 Å². The van der Waals surface area contributed by atoms with Crippen LogP contribution in [-0.2, 0) is 14.3 Å². The number of nitrogens with zero attached hydrogens (tertiary/aromatic N) is 3. The molecule has 0 spiro atoms. The highest BCUT2D eigenvalue weighted by molar-refractivity contribution is 6.06. The summed E-state index contributed by atoms with van der Waals surface area (Å²) in [5.41, 5.74) is 6.92. The number of ether oxygens (including phenoxy) is 2. The molecule has 0 saturated carbocycles. The molecule has 12 nitrogen and oxygen atoms in total. The topological polar surface area (TPSA) is 174 Å². The second-order valence-corrected chi connectivity index (χ2v) is 5.76. The minimum atomic E-state index is -0.578. The third kappa shape index (κ3) is 4.74. The first-order valence-electron chi connectivity index (χ1n) is 8.29. The first kappa shape index (κ1) is 19.5. The molecule has 0 aliphatic carbocycles. The van der Waals surface area contributed by atoms with Crippen molar-refractivity contribution in [1.29, 1.82) is 0 Å². The highest BCUT2D eigenvalue weighted by Gasteiger charge is 2.16. The van der Waals surface area contributed by atoms with Gasteiger partial charge in [0.2, 0.25) is 11.8 Å². The number of aromatic amines is 1. The van der Waals surface area contributed by atoms with Crippen LogP contribution in [0, 0.1) is 0 Å². The molecule has 2 heterocycles. The number of amides is 1. The number of anilines is 3. The minimum Gasteiger partial charge on any atom is -0.468 e. The van der Waals surface area contributed by atoms with Crippen LogP contribution in [0.4, 0.5) is 17.5 Å². The average Bonchev–Trinajstić information content (AvgIpc) is 3.08. The van der Waals surface area contributed by atoms with Crippen molar-refractivity contribution in [3.8, 4) is 5.88 Å². The summed E-state index contributed by atoms with van der Waals surface area (Å²) in [5, 5.41) is 12.7. The van der Waals surface area contributed by atoms with Crippen molar-refractivity contribution in [2.75, 3.05) is 24.7 Å². The van der Waals surface area contributed by atoms with Gasteiger partial charge in [-0.15, -0.1) is 0 Å².